The van der Waals surface area contributed by atoms with Crippen LogP contribution in [0.2, 0.25) is 0 Å². The lowest BCUT2D eigenvalue weighted by atomic mass is 9.62. The van der Waals surface area contributed by atoms with Crippen molar-refractivity contribution >= 4 is 5.97 Å². The average Bonchev–Trinajstić information content (AvgIpc) is 2.11. The smallest absolute Gasteiger partial charge is 0.309 e. The Hall–Kier alpha value is -0.830. The Morgan fingerprint density at radius 3 is 3.07 bits per heavy atom. The molecule has 0 spiro atoms. The highest BCUT2D eigenvalue weighted by Gasteiger charge is 2.46. The Labute approximate surface area is 84.0 Å². The summed E-state index contributed by atoms with van der Waals surface area (Å²) in [7, 11) is 0. The van der Waals surface area contributed by atoms with Gasteiger partial charge in [-0.1, -0.05) is 18.6 Å². The third kappa shape index (κ3) is 1.36. The lowest BCUT2D eigenvalue weighted by Gasteiger charge is -2.42. The van der Waals surface area contributed by atoms with Crippen molar-refractivity contribution in [1.82, 2.24) is 0 Å². The van der Waals surface area contributed by atoms with Gasteiger partial charge in [0, 0.05) is 6.04 Å². The maximum atomic E-state index is 11.3. The van der Waals surface area contributed by atoms with Crippen LogP contribution in [0.3, 0.4) is 0 Å². The summed E-state index contributed by atoms with van der Waals surface area (Å²) in [5, 5.41) is 9.28. The Bertz CT molecular complexity index is 298. The number of carboxylic acids is 1. The van der Waals surface area contributed by atoms with E-state index in [0.29, 0.717) is 12.3 Å². The van der Waals surface area contributed by atoms with E-state index in [9.17, 15) is 9.90 Å². The summed E-state index contributed by atoms with van der Waals surface area (Å²) in [6, 6.07) is 0.102. The zero-order valence-corrected chi connectivity index (χ0v) is 8.49. The molecular weight excluding hydrogens is 178 g/mol. The molecule has 3 heteroatoms. The van der Waals surface area contributed by atoms with Crippen LogP contribution in [-0.4, -0.2) is 17.1 Å². The van der Waals surface area contributed by atoms with E-state index in [1.807, 2.05) is 0 Å². The van der Waals surface area contributed by atoms with Crippen molar-refractivity contribution in [1.29, 1.82) is 0 Å². The van der Waals surface area contributed by atoms with Crippen molar-refractivity contribution in [3.63, 3.8) is 0 Å². The minimum Gasteiger partial charge on any atom is -0.481 e. The Morgan fingerprint density at radius 2 is 2.43 bits per heavy atom. The highest BCUT2D eigenvalue weighted by molar-refractivity contribution is 5.76. The van der Waals surface area contributed by atoms with E-state index < -0.39 is 11.4 Å². The summed E-state index contributed by atoms with van der Waals surface area (Å²) in [6.07, 6.45) is 5.19. The maximum absolute atomic E-state index is 11.3. The summed E-state index contributed by atoms with van der Waals surface area (Å²) >= 11 is 0. The molecule has 0 amide bonds. The number of aliphatic carboxylic acids is 1. The summed E-state index contributed by atoms with van der Waals surface area (Å²) < 4.78 is 0. The van der Waals surface area contributed by atoms with Crippen molar-refractivity contribution < 1.29 is 9.90 Å². The fraction of sp³-hybridized carbons (Fsp3) is 0.727. The first-order valence-electron chi connectivity index (χ1n) is 5.23. The highest BCUT2D eigenvalue weighted by Crippen LogP contribution is 2.47. The number of carboxylic acid groups (broad SMARTS) is 1. The third-order valence-corrected chi connectivity index (χ3v) is 3.62. The fourth-order valence-electron chi connectivity index (χ4n) is 2.89. The molecule has 2 aliphatic rings. The zero-order chi connectivity index (χ0) is 10.3. The molecule has 0 aromatic rings. The summed E-state index contributed by atoms with van der Waals surface area (Å²) in [5.41, 5.74) is 6.61. The third-order valence-electron chi connectivity index (χ3n) is 3.62. The van der Waals surface area contributed by atoms with Crippen LogP contribution in [0, 0.1) is 11.3 Å². The molecule has 3 atom stereocenters. The second-order valence-electron chi connectivity index (χ2n) is 4.83. The van der Waals surface area contributed by atoms with Crippen molar-refractivity contribution in [2.45, 2.75) is 38.6 Å². The van der Waals surface area contributed by atoms with E-state index >= 15 is 0 Å². The molecule has 1 fully saturated rings. The van der Waals surface area contributed by atoms with Crippen molar-refractivity contribution in [2.24, 2.45) is 17.1 Å². The zero-order valence-electron chi connectivity index (χ0n) is 8.49. The van der Waals surface area contributed by atoms with Crippen molar-refractivity contribution in [3.8, 4) is 0 Å². The van der Waals surface area contributed by atoms with E-state index in [1.165, 1.54) is 0 Å². The van der Waals surface area contributed by atoms with Crippen LogP contribution in [0.15, 0.2) is 11.6 Å². The molecular formula is C11H17NO2. The summed E-state index contributed by atoms with van der Waals surface area (Å²) in [6.45, 7) is 2.08. The molecule has 0 saturated heterocycles. The fourth-order valence-corrected chi connectivity index (χ4v) is 2.89. The minimum atomic E-state index is -0.637. The van der Waals surface area contributed by atoms with E-state index in [0.717, 1.165) is 24.8 Å². The monoisotopic (exact) mass is 195 g/mol. The van der Waals surface area contributed by atoms with E-state index in [1.54, 1.807) is 0 Å². The van der Waals surface area contributed by atoms with Gasteiger partial charge >= 0.3 is 5.97 Å². The number of nitrogens with two attached hydrogens (primary N) is 1. The molecule has 14 heavy (non-hydrogen) atoms. The van der Waals surface area contributed by atoms with Crippen molar-refractivity contribution in [2.75, 3.05) is 0 Å². The molecule has 3 N–H and O–H groups in total. The largest absolute Gasteiger partial charge is 0.481 e. The van der Waals surface area contributed by atoms with Gasteiger partial charge in [0.25, 0.3) is 0 Å². The van der Waals surface area contributed by atoms with Gasteiger partial charge in [0.2, 0.25) is 0 Å². The SMILES string of the molecule is CC1C=C2C[C@@](C(=O)O)(CC[C@@H]2N)C1. The van der Waals surface area contributed by atoms with Gasteiger partial charge in [-0.3, -0.25) is 4.79 Å². The molecule has 0 aromatic heterocycles. The molecule has 78 valence electrons. The molecule has 2 rings (SSSR count). The predicted octanol–water partition coefficient (Wildman–Crippen LogP) is 1.53. The molecule has 0 aliphatic heterocycles. The van der Waals surface area contributed by atoms with Gasteiger partial charge in [0.05, 0.1) is 5.41 Å². The highest BCUT2D eigenvalue weighted by atomic mass is 16.4. The van der Waals surface area contributed by atoms with Gasteiger partial charge in [-0.05, 0) is 31.6 Å². The molecule has 0 aromatic carbocycles. The second-order valence-corrected chi connectivity index (χ2v) is 4.83. The van der Waals surface area contributed by atoms with Crippen LogP contribution < -0.4 is 5.73 Å². The predicted molar refractivity (Wildman–Crippen MR) is 53.8 cm³/mol. The van der Waals surface area contributed by atoms with Gasteiger partial charge < -0.3 is 10.8 Å². The van der Waals surface area contributed by atoms with Crippen LogP contribution in [0.1, 0.15) is 32.6 Å². The van der Waals surface area contributed by atoms with Gasteiger partial charge in [0.15, 0.2) is 0 Å². The second kappa shape index (κ2) is 3.09. The molecule has 0 radical (unpaired) electrons. The Morgan fingerprint density at radius 1 is 1.71 bits per heavy atom. The molecule has 1 unspecified atom stereocenters. The van der Waals surface area contributed by atoms with Gasteiger partial charge in [-0.15, -0.1) is 0 Å². The Kier molecular flexibility index (Phi) is 2.14. The number of hydrogen-bond acceptors (Lipinski definition) is 2. The van der Waals surface area contributed by atoms with Crippen LogP contribution in [-0.2, 0) is 4.79 Å². The Balaban J connectivity index is 2.33. The molecule has 0 heterocycles. The quantitative estimate of drug-likeness (QED) is 0.624. The maximum Gasteiger partial charge on any atom is 0.309 e. The number of rotatable bonds is 1. The molecule has 1 saturated carbocycles. The van der Waals surface area contributed by atoms with Crippen LogP contribution in [0.5, 0.6) is 0 Å². The normalized spacial score (nSPS) is 41.7. The first-order valence-corrected chi connectivity index (χ1v) is 5.23. The van der Waals surface area contributed by atoms with Crippen LogP contribution in [0.25, 0.3) is 0 Å². The summed E-state index contributed by atoms with van der Waals surface area (Å²) in [4.78, 5) is 11.3. The van der Waals surface area contributed by atoms with Crippen molar-refractivity contribution in [3.05, 3.63) is 11.6 Å². The van der Waals surface area contributed by atoms with Gasteiger partial charge in [0.1, 0.15) is 0 Å². The summed E-state index contributed by atoms with van der Waals surface area (Å²) in [5.74, 6) is -0.275. The van der Waals surface area contributed by atoms with E-state index in [2.05, 4.69) is 13.0 Å². The van der Waals surface area contributed by atoms with E-state index in [-0.39, 0.29) is 6.04 Å². The topological polar surface area (TPSA) is 63.3 Å². The van der Waals surface area contributed by atoms with Crippen LogP contribution in [0.4, 0.5) is 0 Å². The van der Waals surface area contributed by atoms with E-state index in [4.69, 9.17) is 5.73 Å². The first kappa shape index (κ1) is 9.71. The number of fused-ring (bicyclic) bond motifs is 2. The number of hydrogen-bond donors (Lipinski definition) is 2. The lowest BCUT2D eigenvalue weighted by molar-refractivity contribution is -0.151. The number of carbonyl (C=O) groups is 1. The standard InChI is InChI=1S/C11H17NO2/c1-7-4-8-6-11(5-7,10(13)14)3-2-9(8)12/h4,7,9H,2-3,5-6,12H2,1H3,(H,13,14)/t7?,9-,11+/m0/s1. The minimum absolute atomic E-state index is 0.102. The average molecular weight is 195 g/mol. The molecule has 3 nitrogen and oxygen atoms in total. The molecule has 2 aliphatic carbocycles. The number of allylic oxidation sites excluding steroid dienone is 1. The lowest BCUT2D eigenvalue weighted by Crippen LogP contribution is -2.44. The first-order chi connectivity index (χ1) is 6.53. The van der Waals surface area contributed by atoms with Gasteiger partial charge in [-0.2, -0.15) is 0 Å². The van der Waals surface area contributed by atoms with Crippen LogP contribution >= 0.6 is 0 Å². The van der Waals surface area contributed by atoms with Gasteiger partial charge in [-0.25, -0.2) is 0 Å². The molecule has 2 bridgehead atoms.